The predicted octanol–water partition coefficient (Wildman–Crippen LogP) is 2.25. The number of hydrogen-bond donors (Lipinski definition) is 0. The van der Waals surface area contributed by atoms with Crippen LogP contribution in [0.5, 0.6) is 0 Å². The number of aryl methyl sites for hydroxylation is 1. The van der Waals surface area contributed by atoms with Gasteiger partial charge in [-0.25, -0.2) is 0 Å². The first-order valence-corrected chi connectivity index (χ1v) is 5.01. The van der Waals surface area contributed by atoms with Crippen molar-refractivity contribution in [2.45, 2.75) is 13.0 Å². The monoisotopic (exact) mass is 187 g/mol. The molecule has 2 nitrogen and oxygen atoms in total. The van der Waals surface area contributed by atoms with E-state index in [0.29, 0.717) is 0 Å². The molecule has 0 atom stereocenters. The van der Waals surface area contributed by atoms with Gasteiger partial charge in [0, 0.05) is 23.6 Å². The Morgan fingerprint density at radius 3 is 3.07 bits per heavy atom. The quantitative estimate of drug-likeness (QED) is 0.617. The van der Waals surface area contributed by atoms with Crippen molar-refractivity contribution in [3.05, 3.63) is 35.5 Å². The Morgan fingerprint density at radius 2 is 2.14 bits per heavy atom. The molecule has 2 heterocycles. The molecule has 0 radical (unpaired) electrons. The van der Waals surface area contributed by atoms with Crippen LogP contribution in [0.1, 0.15) is 11.3 Å². The minimum absolute atomic E-state index is 0.764. The van der Waals surface area contributed by atoms with Crippen LogP contribution < -0.4 is 0 Å². The summed E-state index contributed by atoms with van der Waals surface area (Å²) >= 11 is 0. The summed E-state index contributed by atoms with van der Waals surface area (Å²) in [7, 11) is 2.12. The molecule has 1 aromatic carbocycles. The maximum Gasteiger partial charge on any atom is 0.0871 e. The first kappa shape index (κ1) is 8.06. The zero-order valence-corrected chi connectivity index (χ0v) is 8.29. The van der Waals surface area contributed by atoms with E-state index in [0.717, 1.165) is 19.6 Å². The molecule has 0 aliphatic carbocycles. The fourth-order valence-electron chi connectivity index (χ4n) is 2.33. The summed E-state index contributed by atoms with van der Waals surface area (Å²) in [6.45, 7) is 1.63. The van der Waals surface area contributed by atoms with Crippen molar-refractivity contribution in [3.8, 4) is 0 Å². The molecule has 0 unspecified atom stereocenters. The first-order chi connectivity index (χ1) is 6.88. The van der Waals surface area contributed by atoms with Crippen molar-refractivity contribution in [1.82, 2.24) is 4.57 Å². The molecule has 1 aliphatic heterocycles. The zero-order valence-electron chi connectivity index (χ0n) is 8.29. The molecular weight excluding hydrogens is 174 g/mol. The molecule has 3 rings (SSSR count). The van der Waals surface area contributed by atoms with Gasteiger partial charge in [-0.1, -0.05) is 18.2 Å². The number of rotatable bonds is 0. The SMILES string of the molecule is Cn1c2c(c3ccccc31)CCOC2. The average Bonchev–Trinajstić information content (AvgIpc) is 2.55. The van der Waals surface area contributed by atoms with Crippen LogP contribution >= 0.6 is 0 Å². The highest BCUT2D eigenvalue weighted by Gasteiger charge is 2.17. The van der Waals surface area contributed by atoms with Crippen LogP contribution in [-0.2, 0) is 24.8 Å². The number of hydrogen-bond acceptors (Lipinski definition) is 1. The van der Waals surface area contributed by atoms with Crippen LogP contribution in [0, 0.1) is 0 Å². The lowest BCUT2D eigenvalue weighted by Crippen LogP contribution is -2.11. The molecule has 2 aromatic rings. The fraction of sp³-hybridized carbons (Fsp3) is 0.333. The van der Waals surface area contributed by atoms with E-state index in [2.05, 4.69) is 35.9 Å². The van der Waals surface area contributed by atoms with Crippen molar-refractivity contribution in [2.24, 2.45) is 7.05 Å². The molecule has 0 N–H and O–H groups in total. The molecule has 0 spiro atoms. The highest BCUT2D eigenvalue weighted by molar-refractivity contribution is 5.85. The molecule has 2 heteroatoms. The Balaban J connectivity index is 2.41. The number of ether oxygens (including phenoxy) is 1. The third-order valence-corrected chi connectivity index (χ3v) is 3.08. The third kappa shape index (κ3) is 0.946. The van der Waals surface area contributed by atoms with Crippen LogP contribution in [0.4, 0.5) is 0 Å². The highest BCUT2D eigenvalue weighted by Crippen LogP contribution is 2.28. The second kappa shape index (κ2) is 2.85. The van der Waals surface area contributed by atoms with Crippen LogP contribution in [0.3, 0.4) is 0 Å². The van der Waals surface area contributed by atoms with Gasteiger partial charge in [0.1, 0.15) is 0 Å². The normalized spacial score (nSPS) is 15.8. The molecule has 72 valence electrons. The summed E-state index contributed by atoms with van der Waals surface area (Å²) in [5, 5.41) is 1.40. The zero-order chi connectivity index (χ0) is 9.54. The number of fused-ring (bicyclic) bond motifs is 3. The van der Waals surface area contributed by atoms with Gasteiger partial charge in [-0.15, -0.1) is 0 Å². The van der Waals surface area contributed by atoms with Gasteiger partial charge in [-0.2, -0.15) is 0 Å². The predicted molar refractivity (Wildman–Crippen MR) is 56.3 cm³/mol. The largest absolute Gasteiger partial charge is 0.375 e. The van der Waals surface area contributed by atoms with E-state index in [4.69, 9.17) is 4.74 Å². The van der Waals surface area contributed by atoms with Crippen molar-refractivity contribution in [1.29, 1.82) is 0 Å². The Labute approximate surface area is 83.1 Å². The summed E-state index contributed by atoms with van der Waals surface area (Å²) in [6.07, 6.45) is 1.05. The number of benzene rings is 1. The smallest absolute Gasteiger partial charge is 0.0871 e. The van der Waals surface area contributed by atoms with E-state index in [1.807, 2.05) is 0 Å². The van der Waals surface area contributed by atoms with Crippen LogP contribution in [0.25, 0.3) is 10.9 Å². The van der Waals surface area contributed by atoms with Gasteiger partial charge >= 0.3 is 0 Å². The first-order valence-electron chi connectivity index (χ1n) is 5.01. The molecule has 1 aromatic heterocycles. The second-order valence-electron chi connectivity index (χ2n) is 3.80. The van der Waals surface area contributed by atoms with E-state index in [9.17, 15) is 0 Å². The molecule has 1 aliphatic rings. The summed E-state index contributed by atoms with van der Waals surface area (Å²) in [5.74, 6) is 0. The second-order valence-corrected chi connectivity index (χ2v) is 3.80. The minimum Gasteiger partial charge on any atom is -0.375 e. The number of para-hydroxylation sites is 1. The Morgan fingerprint density at radius 1 is 1.29 bits per heavy atom. The lowest BCUT2D eigenvalue weighted by molar-refractivity contribution is 0.106. The van der Waals surface area contributed by atoms with Gasteiger partial charge < -0.3 is 9.30 Å². The summed E-state index contributed by atoms with van der Waals surface area (Å²) in [6, 6.07) is 8.58. The lowest BCUT2D eigenvalue weighted by Gasteiger charge is -2.13. The van der Waals surface area contributed by atoms with Gasteiger partial charge in [0.15, 0.2) is 0 Å². The maximum absolute atomic E-state index is 5.49. The van der Waals surface area contributed by atoms with E-state index in [1.54, 1.807) is 0 Å². The van der Waals surface area contributed by atoms with Crippen LogP contribution in [0.2, 0.25) is 0 Å². The molecular formula is C12H13NO. The lowest BCUT2D eigenvalue weighted by atomic mass is 10.1. The number of aromatic nitrogens is 1. The molecule has 0 amide bonds. The Hall–Kier alpha value is -1.28. The van der Waals surface area contributed by atoms with Crippen LogP contribution in [0.15, 0.2) is 24.3 Å². The fourth-order valence-corrected chi connectivity index (χ4v) is 2.33. The maximum atomic E-state index is 5.49. The van der Waals surface area contributed by atoms with Crippen molar-refractivity contribution < 1.29 is 4.74 Å². The molecule has 0 fully saturated rings. The van der Waals surface area contributed by atoms with Crippen molar-refractivity contribution in [2.75, 3.05) is 6.61 Å². The summed E-state index contributed by atoms with van der Waals surface area (Å²) in [5.41, 5.74) is 4.15. The van der Waals surface area contributed by atoms with E-state index in [-0.39, 0.29) is 0 Å². The molecule has 0 bridgehead atoms. The van der Waals surface area contributed by atoms with E-state index in [1.165, 1.54) is 22.2 Å². The van der Waals surface area contributed by atoms with E-state index < -0.39 is 0 Å². The average molecular weight is 187 g/mol. The van der Waals surface area contributed by atoms with Crippen LogP contribution in [-0.4, -0.2) is 11.2 Å². The Bertz CT molecular complexity index is 484. The van der Waals surface area contributed by atoms with Gasteiger partial charge in [-0.3, -0.25) is 0 Å². The molecule has 0 saturated carbocycles. The van der Waals surface area contributed by atoms with Gasteiger partial charge in [0.05, 0.1) is 13.2 Å². The minimum atomic E-state index is 0.764. The number of nitrogens with zero attached hydrogens (tertiary/aromatic N) is 1. The molecule has 14 heavy (non-hydrogen) atoms. The van der Waals surface area contributed by atoms with Gasteiger partial charge in [-0.05, 0) is 18.1 Å². The van der Waals surface area contributed by atoms with Gasteiger partial charge in [0.2, 0.25) is 0 Å². The van der Waals surface area contributed by atoms with Crippen molar-refractivity contribution in [3.63, 3.8) is 0 Å². The summed E-state index contributed by atoms with van der Waals surface area (Å²) < 4.78 is 7.74. The standard InChI is InChI=1S/C12H13NO/c1-13-11-5-3-2-4-9(11)10-6-7-14-8-12(10)13/h2-5H,6-8H2,1H3. The van der Waals surface area contributed by atoms with Crippen molar-refractivity contribution >= 4 is 10.9 Å². The summed E-state index contributed by atoms with van der Waals surface area (Å²) in [4.78, 5) is 0. The van der Waals surface area contributed by atoms with Gasteiger partial charge in [0.25, 0.3) is 0 Å². The Kier molecular flexibility index (Phi) is 1.64. The molecule has 0 saturated heterocycles. The highest BCUT2D eigenvalue weighted by atomic mass is 16.5. The third-order valence-electron chi connectivity index (χ3n) is 3.08. The topological polar surface area (TPSA) is 14.2 Å². The van der Waals surface area contributed by atoms with E-state index >= 15 is 0 Å².